The topological polar surface area (TPSA) is 155 Å². The molecule has 0 bridgehead atoms. The number of nitrogens with two attached hydrogens (primary N) is 1. The lowest BCUT2D eigenvalue weighted by molar-refractivity contribution is -0.149. The summed E-state index contributed by atoms with van der Waals surface area (Å²) in [4.78, 5) is 27.9. The lowest BCUT2D eigenvalue weighted by Gasteiger charge is -2.25. The van der Waals surface area contributed by atoms with Gasteiger partial charge in [-0.05, 0) is 51.1 Å². The summed E-state index contributed by atoms with van der Waals surface area (Å²) in [5.74, 6) is -1.36. The highest BCUT2D eigenvalue weighted by atomic mass is 32.2. The minimum absolute atomic E-state index is 0.0305. The molecule has 0 saturated carbocycles. The van der Waals surface area contributed by atoms with Crippen LogP contribution in [0.25, 0.3) is 0 Å². The Labute approximate surface area is 209 Å². The number of alkyl halides is 1. The van der Waals surface area contributed by atoms with Gasteiger partial charge in [-0.3, -0.25) is 13.9 Å². The summed E-state index contributed by atoms with van der Waals surface area (Å²) in [6.45, 7) is 4.17. The highest BCUT2D eigenvalue weighted by Crippen LogP contribution is 2.49. The third-order valence-electron chi connectivity index (χ3n) is 4.92. The van der Waals surface area contributed by atoms with Gasteiger partial charge in [0.25, 0.3) is 0 Å². The molecule has 36 heavy (non-hydrogen) atoms. The highest BCUT2D eigenvalue weighted by Gasteiger charge is 2.46. The van der Waals surface area contributed by atoms with Crippen molar-refractivity contribution in [3.63, 3.8) is 0 Å². The van der Waals surface area contributed by atoms with Gasteiger partial charge < -0.3 is 20.1 Å². The molecule has 1 saturated heterocycles. The number of aliphatic hydroxyl groups is 1. The van der Waals surface area contributed by atoms with E-state index in [0.717, 1.165) is 28.5 Å². The molecule has 11 nitrogen and oxygen atoms in total. The average molecular weight is 549 g/mol. The quantitative estimate of drug-likeness (QED) is 0.296. The molecule has 1 aliphatic rings. The smallest absolute Gasteiger partial charge is 0.459 e. The molecule has 4 N–H and O–H groups in total. The van der Waals surface area contributed by atoms with Crippen LogP contribution in [-0.4, -0.2) is 56.9 Å². The van der Waals surface area contributed by atoms with Gasteiger partial charge in [-0.1, -0.05) is 0 Å². The fraction of sp³-hybridized carbons (Fsp3) is 0.476. The number of nitrogens with one attached hydrogen (secondary N) is 1. The maximum Gasteiger partial charge on any atom is 0.459 e. The lowest BCUT2D eigenvalue weighted by atomic mass is 10.1. The minimum atomic E-state index is -4.33. The highest BCUT2D eigenvalue weighted by molar-refractivity contribution is 8.00. The summed E-state index contributed by atoms with van der Waals surface area (Å²) < 4.78 is 58.7. The molecule has 0 amide bonds. The minimum Gasteiger partial charge on any atom is -0.462 e. The maximum atomic E-state index is 14.9. The van der Waals surface area contributed by atoms with Crippen LogP contribution in [0, 0.1) is 5.82 Å². The van der Waals surface area contributed by atoms with Crippen molar-refractivity contribution in [2.24, 2.45) is 0 Å². The third kappa shape index (κ3) is 7.04. The Bertz CT molecular complexity index is 1170. The van der Waals surface area contributed by atoms with Crippen molar-refractivity contribution in [1.29, 1.82) is 0 Å². The zero-order valence-electron chi connectivity index (χ0n) is 19.6. The Morgan fingerprint density at radius 3 is 2.58 bits per heavy atom. The zero-order chi connectivity index (χ0) is 26.6. The van der Waals surface area contributed by atoms with Gasteiger partial charge in [0.2, 0.25) is 0 Å². The first-order valence-corrected chi connectivity index (χ1v) is 13.4. The summed E-state index contributed by atoms with van der Waals surface area (Å²) in [7, 11) is -4.33. The first kappa shape index (κ1) is 28.1. The van der Waals surface area contributed by atoms with Crippen LogP contribution in [0.2, 0.25) is 0 Å². The summed E-state index contributed by atoms with van der Waals surface area (Å²) in [5.41, 5.74) is 4.67. The number of halogens is 2. The Hall–Kier alpha value is -2.51. The van der Waals surface area contributed by atoms with E-state index in [-0.39, 0.29) is 11.6 Å². The van der Waals surface area contributed by atoms with Crippen LogP contribution in [0.3, 0.4) is 0 Å². The predicted octanol–water partition coefficient (Wildman–Crippen LogP) is 2.41. The second kappa shape index (κ2) is 11.7. The van der Waals surface area contributed by atoms with Crippen molar-refractivity contribution in [3.8, 4) is 5.75 Å². The van der Waals surface area contributed by atoms with Gasteiger partial charge in [-0.2, -0.15) is 10.1 Å². The van der Waals surface area contributed by atoms with Crippen molar-refractivity contribution in [3.05, 3.63) is 52.8 Å². The van der Waals surface area contributed by atoms with E-state index >= 15 is 0 Å². The number of benzene rings is 1. The Morgan fingerprint density at radius 2 is 1.97 bits per heavy atom. The van der Waals surface area contributed by atoms with Gasteiger partial charge in [0.05, 0.1) is 18.0 Å². The number of aromatic nitrogens is 2. The lowest BCUT2D eigenvalue weighted by Crippen LogP contribution is -2.37. The van der Waals surface area contributed by atoms with Crippen LogP contribution < -0.4 is 21.0 Å². The number of esters is 1. The Kier molecular flexibility index (Phi) is 9.12. The van der Waals surface area contributed by atoms with E-state index in [1.165, 1.54) is 31.3 Å². The number of rotatable bonds is 10. The number of hydrogen-bond acceptors (Lipinski definition) is 10. The molecule has 198 valence electrons. The van der Waals surface area contributed by atoms with E-state index in [4.69, 9.17) is 19.5 Å². The molecule has 15 heteroatoms. The molecule has 2 unspecified atom stereocenters. The van der Waals surface area contributed by atoms with Crippen molar-refractivity contribution in [2.75, 3.05) is 12.3 Å². The molecule has 1 fully saturated rings. The first-order valence-electron chi connectivity index (χ1n) is 10.9. The molecule has 2 heterocycles. The number of anilines is 1. The van der Waals surface area contributed by atoms with Gasteiger partial charge in [0.15, 0.2) is 6.17 Å². The number of nitrogen functional groups attached to an aromatic ring is 1. The van der Waals surface area contributed by atoms with Crippen LogP contribution in [0.4, 0.5) is 14.6 Å². The molecule has 1 aliphatic heterocycles. The van der Waals surface area contributed by atoms with Crippen molar-refractivity contribution in [1.82, 2.24) is 14.6 Å². The number of ether oxygens (including phenoxy) is 1. The molecule has 0 aliphatic carbocycles. The van der Waals surface area contributed by atoms with E-state index in [1.807, 2.05) is 0 Å². The van der Waals surface area contributed by atoms with E-state index < -0.39 is 66.9 Å². The Balaban J connectivity index is 1.76. The van der Waals surface area contributed by atoms with Crippen molar-refractivity contribution >= 4 is 31.3 Å². The van der Waals surface area contributed by atoms with Gasteiger partial charge in [0, 0.05) is 6.20 Å². The number of hydrogen-bond donors (Lipinski definition) is 3. The average Bonchev–Trinajstić information content (AvgIpc) is 3.07. The normalized spacial score (nSPS) is 24.3. The molecule has 3 rings (SSSR count). The maximum absolute atomic E-state index is 14.9. The molecule has 1 aromatic heterocycles. The largest absolute Gasteiger partial charge is 0.462 e. The van der Waals surface area contributed by atoms with Crippen LogP contribution in [0.15, 0.2) is 41.3 Å². The number of carbonyl (C=O) groups excluding carboxylic acids is 1. The van der Waals surface area contributed by atoms with Crippen LogP contribution in [0.1, 0.15) is 26.1 Å². The van der Waals surface area contributed by atoms with Gasteiger partial charge in [-0.15, -0.1) is 11.8 Å². The standard InChI is InChI=1S/C21H27F2N4O7PS/c1-11(2)33-20(29)12(3)26-35(31,34-14-6-4-13(22)5-7-14)32-10-15-18(28)17(23)19(36-15)27-9-8-16(24)25-21(27)30/h4-9,11-12,15,17-19,28H,10H2,1-3H3,(H,26,31)(H2,24,25,30)/t12?,15-,17+,18-,19-,35?/m1/s1. The second-order valence-corrected chi connectivity index (χ2v) is 11.3. The fourth-order valence-corrected chi connectivity index (χ4v) is 6.24. The summed E-state index contributed by atoms with van der Waals surface area (Å²) in [6.07, 6.45) is -2.64. The van der Waals surface area contributed by atoms with Crippen LogP contribution >= 0.6 is 19.5 Å². The van der Waals surface area contributed by atoms with Gasteiger partial charge >= 0.3 is 19.4 Å². The number of aliphatic hydroxyl groups excluding tert-OH is 1. The molecule has 0 radical (unpaired) electrons. The fourth-order valence-electron chi connectivity index (χ4n) is 3.20. The second-order valence-electron chi connectivity index (χ2n) is 8.22. The molecule has 0 spiro atoms. The zero-order valence-corrected chi connectivity index (χ0v) is 21.3. The predicted molar refractivity (Wildman–Crippen MR) is 129 cm³/mol. The number of carbonyl (C=O) groups is 1. The van der Waals surface area contributed by atoms with E-state index in [1.54, 1.807) is 13.8 Å². The van der Waals surface area contributed by atoms with E-state index in [9.17, 15) is 28.0 Å². The SMILES string of the molecule is CC(C)OC(=O)C(C)NP(=O)(OC[C@H]1S[C@@H](n2ccc(N)nc2=O)[C@@H](F)[C@@H]1O)Oc1ccc(F)cc1. The van der Waals surface area contributed by atoms with Crippen LogP contribution in [-0.2, 0) is 18.6 Å². The molecular weight excluding hydrogens is 521 g/mol. The first-order chi connectivity index (χ1) is 16.9. The molecule has 6 atom stereocenters. The Morgan fingerprint density at radius 1 is 1.31 bits per heavy atom. The van der Waals surface area contributed by atoms with Crippen molar-refractivity contribution in [2.45, 2.75) is 55.8 Å². The van der Waals surface area contributed by atoms with Gasteiger partial charge in [-0.25, -0.2) is 18.1 Å². The molecular formula is C21H27F2N4O7PS. The number of thioether (sulfide) groups is 1. The van der Waals surface area contributed by atoms with E-state index in [2.05, 4.69) is 10.1 Å². The monoisotopic (exact) mass is 548 g/mol. The third-order valence-corrected chi connectivity index (χ3v) is 8.10. The van der Waals surface area contributed by atoms with Gasteiger partial charge in [0.1, 0.15) is 34.9 Å². The summed E-state index contributed by atoms with van der Waals surface area (Å²) >= 11 is 0.869. The number of nitrogens with zero attached hydrogens (tertiary/aromatic N) is 2. The summed E-state index contributed by atoms with van der Waals surface area (Å²) in [5, 5.41) is 10.8. The summed E-state index contributed by atoms with van der Waals surface area (Å²) in [6, 6.07) is 4.74. The van der Waals surface area contributed by atoms with Crippen molar-refractivity contribution < 1.29 is 37.0 Å². The molecule has 1 aromatic carbocycles. The molecule has 2 aromatic rings. The van der Waals surface area contributed by atoms with E-state index in [0.29, 0.717) is 0 Å². The van der Waals surface area contributed by atoms with Crippen LogP contribution in [0.5, 0.6) is 5.75 Å².